The second kappa shape index (κ2) is 9.62. The number of aliphatic carboxylic acids is 1. The summed E-state index contributed by atoms with van der Waals surface area (Å²) in [5.41, 5.74) is -0.766. The van der Waals surface area contributed by atoms with Gasteiger partial charge in [0, 0.05) is 6.07 Å². The Balaban J connectivity index is 1.86. The zero-order chi connectivity index (χ0) is 25.2. The number of hydrogen-bond acceptors (Lipinski definition) is 9. The van der Waals surface area contributed by atoms with Crippen molar-refractivity contribution < 1.29 is 43.1 Å². The van der Waals surface area contributed by atoms with Crippen LogP contribution >= 0.6 is 11.6 Å². The average molecular weight is 494 g/mol. The fourth-order valence-corrected chi connectivity index (χ4v) is 3.14. The van der Waals surface area contributed by atoms with E-state index in [2.05, 4.69) is 10.1 Å². The van der Waals surface area contributed by atoms with E-state index in [4.69, 9.17) is 25.9 Å². The third-order valence-corrected chi connectivity index (χ3v) is 4.80. The van der Waals surface area contributed by atoms with Crippen LogP contribution in [-0.2, 0) is 20.9 Å². The topological polar surface area (TPSA) is 179 Å². The van der Waals surface area contributed by atoms with Crippen molar-refractivity contribution in [3.63, 3.8) is 0 Å². The fourth-order valence-electron chi connectivity index (χ4n) is 2.87. The van der Waals surface area contributed by atoms with Gasteiger partial charge in [-0.1, -0.05) is 11.6 Å². The number of urea groups is 1. The van der Waals surface area contributed by atoms with Crippen LogP contribution in [0, 0.1) is 10.1 Å². The molecule has 1 aromatic heterocycles. The number of benzene rings is 1. The first-order valence-electron chi connectivity index (χ1n) is 9.40. The maximum atomic E-state index is 12.7. The molecule has 0 unspecified atom stereocenters. The first kappa shape index (κ1) is 24.3. The molecule has 3 amide bonds. The molecule has 0 radical (unpaired) electrons. The maximum Gasteiger partial charge on any atom is 0.373 e. The zero-order valence-electron chi connectivity index (χ0n) is 17.6. The van der Waals surface area contributed by atoms with E-state index in [1.807, 2.05) is 0 Å². The van der Waals surface area contributed by atoms with Gasteiger partial charge >= 0.3 is 23.7 Å². The summed E-state index contributed by atoms with van der Waals surface area (Å²) >= 11 is 6.07. The predicted molar refractivity (Wildman–Crippen MR) is 113 cm³/mol. The predicted octanol–water partition coefficient (Wildman–Crippen LogP) is 2.57. The van der Waals surface area contributed by atoms with Crippen molar-refractivity contribution in [2.45, 2.75) is 19.6 Å². The van der Waals surface area contributed by atoms with Gasteiger partial charge in [0.1, 0.15) is 11.5 Å². The molecule has 0 aliphatic carbocycles. The number of hydrogen-bond donors (Lipinski definition) is 2. The molecule has 0 bridgehead atoms. The van der Waals surface area contributed by atoms with Crippen molar-refractivity contribution in [1.29, 1.82) is 0 Å². The summed E-state index contributed by atoms with van der Waals surface area (Å²) in [6.07, 6.45) is -0.253. The lowest BCUT2D eigenvalue weighted by Gasteiger charge is -2.12. The molecule has 34 heavy (non-hydrogen) atoms. The van der Waals surface area contributed by atoms with Crippen LogP contribution in [0.2, 0.25) is 5.02 Å². The lowest BCUT2D eigenvalue weighted by molar-refractivity contribution is -0.386. The summed E-state index contributed by atoms with van der Waals surface area (Å²) in [6.45, 7) is 0.881. The van der Waals surface area contributed by atoms with Crippen molar-refractivity contribution in [1.82, 2.24) is 10.2 Å². The van der Waals surface area contributed by atoms with Crippen LogP contribution in [0.5, 0.6) is 5.75 Å². The number of ether oxygens (including phenoxy) is 2. The summed E-state index contributed by atoms with van der Waals surface area (Å²) in [6, 6.07) is 4.16. The van der Waals surface area contributed by atoms with Crippen LogP contribution in [0.3, 0.4) is 0 Å². The highest BCUT2D eigenvalue weighted by Crippen LogP contribution is 2.37. The summed E-state index contributed by atoms with van der Waals surface area (Å²) in [5.74, 6) is -3.27. The average Bonchev–Trinajstić information content (AvgIpc) is 3.35. The van der Waals surface area contributed by atoms with E-state index in [-0.39, 0.29) is 34.3 Å². The Bertz CT molecular complexity index is 1240. The quantitative estimate of drug-likeness (QED) is 0.182. The number of carboxylic acids is 1. The normalized spacial score (nSPS) is 15.3. The van der Waals surface area contributed by atoms with Gasteiger partial charge in [0.2, 0.25) is 11.5 Å². The standard InChI is InChI=1S/C20H16ClN3O10/c1-9(18(26)27)33-16-12(21)5-10(7-14(16)24(30)31)6-13-17(25)23(20(29)22-13)8-11-3-4-15(34-11)19(28)32-2/h3-7,9H,8H2,1-2H3,(H,22,29)(H,26,27)/b13-6-/t9-/m1/s1. The van der Waals surface area contributed by atoms with E-state index >= 15 is 0 Å². The molecule has 1 saturated heterocycles. The Hall–Kier alpha value is -4.39. The van der Waals surface area contributed by atoms with Gasteiger partial charge in [-0.05, 0) is 36.8 Å². The zero-order valence-corrected chi connectivity index (χ0v) is 18.3. The highest BCUT2D eigenvalue weighted by molar-refractivity contribution is 6.32. The summed E-state index contributed by atoms with van der Waals surface area (Å²) in [5, 5.41) is 22.5. The van der Waals surface area contributed by atoms with E-state index in [9.17, 15) is 29.3 Å². The summed E-state index contributed by atoms with van der Waals surface area (Å²) in [7, 11) is 1.17. The number of halogens is 1. The van der Waals surface area contributed by atoms with Crippen molar-refractivity contribution in [2.24, 2.45) is 0 Å². The minimum absolute atomic E-state index is 0.0727. The molecule has 1 fully saturated rings. The molecule has 13 nitrogen and oxygen atoms in total. The molecule has 1 aliphatic rings. The van der Waals surface area contributed by atoms with Gasteiger partial charge in [0.05, 0.1) is 23.6 Å². The number of nitro groups is 1. The number of nitro benzene ring substituents is 1. The molecular weight excluding hydrogens is 478 g/mol. The Labute approximate surface area is 195 Å². The third-order valence-electron chi connectivity index (χ3n) is 4.52. The van der Waals surface area contributed by atoms with Crippen LogP contribution in [0.25, 0.3) is 6.08 Å². The number of imide groups is 1. The second-order valence-corrected chi connectivity index (χ2v) is 7.25. The minimum atomic E-state index is -1.41. The van der Waals surface area contributed by atoms with E-state index < -0.39 is 46.3 Å². The van der Waals surface area contributed by atoms with E-state index in [1.54, 1.807) is 0 Å². The number of carboxylic acid groups (broad SMARTS) is 1. The van der Waals surface area contributed by atoms with E-state index in [0.29, 0.717) is 0 Å². The number of nitrogens with zero attached hydrogens (tertiary/aromatic N) is 2. The number of methoxy groups -OCH3 is 1. The molecule has 0 spiro atoms. The number of furan rings is 1. The first-order chi connectivity index (χ1) is 16.0. The number of carbonyl (C=O) groups is 4. The SMILES string of the molecule is COC(=O)c1ccc(CN2C(=O)N/C(=C\c3cc(Cl)c(O[C@H](C)C(=O)O)c([N+](=O)[O-])c3)C2=O)o1. The highest BCUT2D eigenvalue weighted by Gasteiger charge is 2.35. The second-order valence-electron chi connectivity index (χ2n) is 6.84. The van der Waals surface area contributed by atoms with Crippen LogP contribution in [0.15, 0.2) is 34.4 Å². The van der Waals surface area contributed by atoms with Crippen LogP contribution in [-0.4, -0.2) is 52.0 Å². The molecule has 2 heterocycles. The molecule has 2 aromatic rings. The maximum absolute atomic E-state index is 12.7. The van der Waals surface area contributed by atoms with Crippen molar-refractivity contribution >= 4 is 47.2 Å². The van der Waals surface area contributed by atoms with Gasteiger partial charge in [-0.3, -0.25) is 19.8 Å². The number of esters is 1. The third kappa shape index (κ3) is 4.99. The van der Waals surface area contributed by atoms with Gasteiger partial charge in [-0.25, -0.2) is 14.4 Å². The molecule has 1 atom stereocenters. The van der Waals surface area contributed by atoms with Crippen molar-refractivity contribution in [3.8, 4) is 5.75 Å². The Kier molecular flexibility index (Phi) is 6.86. The number of carbonyl (C=O) groups excluding carboxylic acids is 3. The van der Waals surface area contributed by atoms with Gasteiger partial charge in [-0.2, -0.15) is 0 Å². The molecule has 1 aliphatic heterocycles. The van der Waals surface area contributed by atoms with Crippen molar-refractivity contribution in [2.75, 3.05) is 7.11 Å². The minimum Gasteiger partial charge on any atom is -0.479 e. The van der Waals surface area contributed by atoms with Crippen LogP contribution < -0.4 is 10.1 Å². The van der Waals surface area contributed by atoms with E-state index in [1.165, 1.54) is 32.2 Å². The van der Waals surface area contributed by atoms with Crippen LogP contribution in [0.1, 0.15) is 28.8 Å². The molecule has 1 aromatic carbocycles. The Morgan fingerprint density at radius 3 is 2.68 bits per heavy atom. The van der Waals surface area contributed by atoms with Crippen molar-refractivity contribution in [3.05, 3.63) is 62.2 Å². The molecule has 3 rings (SSSR count). The summed E-state index contributed by atoms with van der Waals surface area (Å²) < 4.78 is 14.9. The van der Waals surface area contributed by atoms with Gasteiger partial charge in [0.15, 0.2) is 6.10 Å². The molecule has 14 heteroatoms. The lowest BCUT2D eigenvalue weighted by atomic mass is 10.1. The van der Waals surface area contributed by atoms with Gasteiger partial charge < -0.3 is 24.3 Å². The summed E-state index contributed by atoms with van der Waals surface area (Å²) in [4.78, 5) is 58.9. The number of nitrogens with one attached hydrogen (secondary N) is 1. The largest absolute Gasteiger partial charge is 0.479 e. The fraction of sp³-hybridized carbons (Fsp3) is 0.200. The Morgan fingerprint density at radius 1 is 1.35 bits per heavy atom. The Morgan fingerprint density at radius 2 is 2.06 bits per heavy atom. The monoisotopic (exact) mass is 493 g/mol. The lowest BCUT2D eigenvalue weighted by Crippen LogP contribution is -2.30. The smallest absolute Gasteiger partial charge is 0.373 e. The highest BCUT2D eigenvalue weighted by atomic mass is 35.5. The van der Waals surface area contributed by atoms with E-state index in [0.717, 1.165) is 17.0 Å². The number of rotatable bonds is 8. The molecule has 178 valence electrons. The van der Waals surface area contributed by atoms with Gasteiger partial charge in [-0.15, -0.1) is 0 Å². The molecular formula is C20H16ClN3O10. The number of amides is 3. The first-order valence-corrected chi connectivity index (χ1v) is 9.78. The molecule has 0 saturated carbocycles. The van der Waals surface area contributed by atoms with Gasteiger partial charge in [0.25, 0.3) is 5.91 Å². The van der Waals surface area contributed by atoms with Crippen LogP contribution in [0.4, 0.5) is 10.5 Å². The molecule has 2 N–H and O–H groups in total.